The Morgan fingerprint density at radius 2 is 2.00 bits per heavy atom. The van der Waals surface area contributed by atoms with Crippen molar-refractivity contribution in [3.05, 3.63) is 23.8 Å². The van der Waals surface area contributed by atoms with E-state index in [-0.39, 0.29) is 0 Å². The predicted octanol–water partition coefficient (Wildman–Crippen LogP) is 2.95. The van der Waals surface area contributed by atoms with Gasteiger partial charge in [-0.25, -0.2) is 0 Å². The molecule has 0 spiro atoms. The summed E-state index contributed by atoms with van der Waals surface area (Å²) in [6, 6.07) is 6.37. The molecule has 2 rings (SSSR count). The van der Waals surface area contributed by atoms with Gasteiger partial charge in [-0.3, -0.25) is 0 Å². The molecule has 1 heterocycles. The Morgan fingerprint density at radius 1 is 1.22 bits per heavy atom. The highest BCUT2D eigenvalue weighted by atomic mass is 16.5. The van der Waals surface area contributed by atoms with E-state index in [1.54, 1.807) is 7.11 Å². The van der Waals surface area contributed by atoms with E-state index < -0.39 is 0 Å². The van der Waals surface area contributed by atoms with Crippen LogP contribution in [0.15, 0.2) is 18.2 Å². The number of piperidine rings is 1. The molecule has 0 atom stereocenters. The van der Waals surface area contributed by atoms with Gasteiger partial charge < -0.3 is 14.8 Å². The van der Waals surface area contributed by atoms with Crippen LogP contribution >= 0.6 is 0 Å². The smallest absolute Gasteiger partial charge is 0.161 e. The first-order valence-corrected chi connectivity index (χ1v) is 6.86. The molecule has 100 valence electrons. The second kappa shape index (κ2) is 6.64. The van der Waals surface area contributed by atoms with Crippen LogP contribution in [0.3, 0.4) is 0 Å². The number of methoxy groups -OCH3 is 1. The molecule has 18 heavy (non-hydrogen) atoms. The van der Waals surface area contributed by atoms with Gasteiger partial charge in [0.05, 0.1) is 13.7 Å². The first-order chi connectivity index (χ1) is 8.85. The van der Waals surface area contributed by atoms with Crippen LogP contribution in [0.5, 0.6) is 11.5 Å². The third kappa shape index (κ3) is 3.16. The van der Waals surface area contributed by atoms with Gasteiger partial charge in [-0.15, -0.1) is 0 Å². The SMILES string of the molecule is CCCOc1ccc(C2CCNCC2)cc1OC. The monoisotopic (exact) mass is 249 g/mol. The summed E-state index contributed by atoms with van der Waals surface area (Å²) in [7, 11) is 1.71. The zero-order chi connectivity index (χ0) is 12.8. The normalized spacial score (nSPS) is 16.6. The van der Waals surface area contributed by atoms with Gasteiger partial charge >= 0.3 is 0 Å². The number of benzene rings is 1. The van der Waals surface area contributed by atoms with E-state index in [9.17, 15) is 0 Å². The van der Waals surface area contributed by atoms with Gasteiger partial charge in [-0.05, 0) is 56.0 Å². The highest BCUT2D eigenvalue weighted by molar-refractivity contribution is 5.44. The van der Waals surface area contributed by atoms with Crippen molar-refractivity contribution in [2.24, 2.45) is 0 Å². The topological polar surface area (TPSA) is 30.5 Å². The van der Waals surface area contributed by atoms with E-state index in [4.69, 9.17) is 9.47 Å². The Bertz CT molecular complexity index is 373. The number of hydrogen-bond donors (Lipinski definition) is 1. The molecule has 1 saturated heterocycles. The Hall–Kier alpha value is -1.22. The lowest BCUT2D eigenvalue weighted by molar-refractivity contribution is 0.294. The molecule has 1 aromatic rings. The van der Waals surface area contributed by atoms with Crippen LogP contribution in [0.4, 0.5) is 0 Å². The fourth-order valence-electron chi connectivity index (χ4n) is 2.42. The molecule has 0 aromatic heterocycles. The number of hydrogen-bond acceptors (Lipinski definition) is 3. The molecule has 0 amide bonds. The van der Waals surface area contributed by atoms with Crippen LogP contribution in [0.2, 0.25) is 0 Å². The third-order valence-electron chi connectivity index (χ3n) is 3.46. The van der Waals surface area contributed by atoms with Gasteiger partial charge in [-0.1, -0.05) is 13.0 Å². The fraction of sp³-hybridized carbons (Fsp3) is 0.600. The molecule has 1 aromatic carbocycles. The average molecular weight is 249 g/mol. The van der Waals surface area contributed by atoms with Crippen LogP contribution in [0.1, 0.15) is 37.7 Å². The second-order valence-electron chi connectivity index (χ2n) is 4.78. The largest absolute Gasteiger partial charge is 0.493 e. The summed E-state index contributed by atoms with van der Waals surface area (Å²) in [6.07, 6.45) is 3.43. The molecule has 0 unspecified atom stereocenters. The first-order valence-electron chi connectivity index (χ1n) is 6.86. The highest BCUT2D eigenvalue weighted by Gasteiger charge is 2.17. The van der Waals surface area contributed by atoms with Crippen molar-refractivity contribution in [2.45, 2.75) is 32.1 Å². The summed E-state index contributed by atoms with van der Waals surface area (Å²) in [6.45, 7) is 5.07. The molecule has 0 saturated carbocycles. The van der Waals surface area contributed by atoms with Crippen LogP contribution < -0.4 is 14.8 Å². The average Bonchev–Trinajstić information content (AvgIpc) is 2.46. The van der Waals surface area contributed by atoms with Gasteiger partial charge in [0.2, 0.25) is 0 Å². The minimum Gasteiger partial charge on any atom is -0.493 e. The van der Waals surface area contributed by atoms with E-state index >= 15 is 0 Å². The van der Waals surface area contributed by atoms with Crippen molar-refractivity contribution in [2.75, 3.05) is 26.8 Å². The summed E-state index contributed by atoms with van der Waals surface area (Å²) in [5.41, 5.74) is 1.37. The Labute approximate surface area is 109 Å². The van der Waals surface area contributed by atoms with Crippen molar-refractivity contribution < 1.29 is 9.47 Å². The van der Waals surface area contributed by atoms with Crippen molar-refractivity contribution in [3.63, 3.8) is 0 Å². The van der Waals surface area contributed by atoms with E-state index in [1.165, 1.54) is 18.4 Å². The van der Waals surface area contributed by atoms with Crippen LogP contribution in [0, 0.1) is 0 Å². The molecule has 0 radical (unpaired) electrons. The minimum atomic E-state index is 0.653. The van der Waals surface area contributed by atoms with E-state index in [1.807, 2.05) is 6.07 Å². The molecule has 3 heteroatoms. The van der Waals surface area contributed by atoms with E-state index in [0.29, 0.717) is 5.92 Å². The summed E-state index contributed by atoms with van der Waals surface area (Å²) < 4.78 is 11.1. The van der Waals surface area contributed by atoms with Crippen LogP contribution in [-0.4, -0.2) is 26.8 Å². The van der Waals surface area contributed by atoms with E-state index in [2.05, 4.69) is 24.4 Å². The van der Waals surface area contributed by atoms with Gasteiger partial charge in [0, 0.05) is 0 Å². The Morgan fingerprint density at radius 3 is 2.67 bits per heavy atom. The number of ether oxygens (including phenoxy) is 2. The number of nitrogens with one attached hydrogen (secondary N) is 1. The standard InChI is InChI=1S/C15H23NO2/c1-3-10-18-14-5-4-13(11-15(14)17-2)12-6-8-16-9-7-12/h4-5,11-12,16H,3,6-10H2,1-2H3. The van der Waals surface area contributed by atoms with Gasteiger partial charge in [0.25, 0.3) is 0 Å². The lowest BCUT2D eigenvalue weighted by Gasteiger charge is -2.23. The lowest BCUT2D eigenvalue weighted by Crippen LogP contribution is -2.26. The maximum absolute atomic E-state index is 5.68. The molecule has 1 aliphatic heterocycles. The van der Waals surface area contributed by atoms with Crippen LogP contribution in [-0.2, 0) is 0 Å². The predicted molar refractivity (Wildman–Crippen MR) is 73.6 cm³/mol. The molecule has 1 fully saturated rings. The number of rotatable bonds is 5. The molecular formula is C15H23NO2. The zero-order valence-electron chi connectivity index (χ0n) is 11.4. The van der Waals surface area contributed by atoms with Gasteiger partial charge in [0.15, 0.2) is 11.5 Å². The summed E-state index contributed by atoms with van der Waals surface area (Å²) in [5.74, 6) is 2.37. The Balaban J connectivity index is 2.12. The van der Waals surface area contributed by atoms with Crippen molar-refractivity contribution >= 4 is 0 Å². The van der Waals surface area contributed by atoms with Crippen molar-refractivity contribution in [1.29, 1.82) is 0 Å². The van der Waals surface area contributed by atoms with Gasteiger partial charge in [0.1, 0.15) is 0 Å². The third-order valence-corrected chi connectivity index (χ3v) is 3.46. The highest BCUT2D eigenvalue weighted by Crippen LogP contribution is 2.33. The summed E-state index contributed by atoms with van der Waals surface area (Å²) in [5, 5.41) is 3.40. The zero-order valence-corrected chi connectivity index (χ0v) is 11.4. The molecule has 3 nitrogen and oxygen atoms in total. The summed E-state index contributed by atoms with van der Waals surface area (Å²) in [4.78, 5) is 0. The quantitative estimate of drug-likeness (QED) is 0.870. The molecule has 1 N–H and O–H groups in total. The van der Waals surface area contributed by atoms with Crippen molar-refractivity contribution in [3.8, 4) is 11.5 Å². The van der Waals surface area contributed by atoms with Crippen molar-refractivity contribution in [1.82, 2.24) is 5.32 Å². The van der Waals surface area contributed by atoms with Gasteiger partial charge in [-0.2, -0.15) is 0 Å². The maximum atomic E-state index is 5.68. The lowest BCUT2D eigenvalue weighted by atomic mass is 9.90. The second-order valence-corrected chi connectivity index (χ2v) is 4.78. The fourth-order valence-corrected chi connectivity index (χ4v) is 2.42. The minimum absolute atomic E-state index is 0.653. The Kier molecular flexibility index (Phi) is 4.88. The summed E-state index contributed by atoms with van der Waals surface area (Å²) >= 11 is 0. The maximum Gasteiger partial charge on any atom is 0.161 e. The molecule has 1 aliphatic rings. The van der Waals surface area contributed by atoms with Crippen LogP contribution in [0.25, 0.3) is 0 Å². The molecule has 0 aliphatic carbocycles. The first kappa shape index (κ1) is 13.2. The molecular weight excluding hydrogens is 226 g/mol. The molecule has 0 bridgehead atoms. The van der Waals surface area contributed by atoms with E-state index in [0.717, 1.165) is 37.6 Å².